The molecule has 17 heavy (non-hydrogen) atoms. The van der Waals surface area contributed by atoms with E-state index >= 15 is 0 Å². The fraction of sp³-hybridized carbons (Fsp3) is 0.417. The summed E-state index contributed by atoms with van der Waals surface area (Å²) < 4.78 is 22.8. The maximum absolute atomic E-state index is 12.3. The first-order valence-electron chi connectivity index (χ1n) is 5.56. The first kappa shape index (κ1) is 14.8. The summed E-state index contributed by atoms with van der Waals surface area (Å²) in [5.41, 5.74) is 1.70. The summed E-state index contributed by atoms with van der Waals surface area (Å²) >= 11 is 0. The Bertz CT molecular complexity index is 359. The van der Waals surface area contributed by atoms with Crippen LogP contribution in [0.4, 0.5) is 0 Å². The molecule has 3 nitrogen and oxygen atoms in total. The molecular formula is C12H19O3PS. The minimum Gasteiger partial charge on any atom is -0.328 e. The molecule has 0 radical (unpaired) electrons. The smallest absolute Gasteiger partial charge is 0.236 e. The van der Waals surface area contributed by atoms with E-state index in [1.54, 1.807) is 5.49 Å². The molecule has 0 saturated carbocycles. The van der Waals surface area contributed by atoms with E-state index in [4.69, 9.17) is 9.05 Å². The summed E-state index contributed by atoms with van der Waals surface area (Å²) in [4.78, 5) is 1.13. The second-order valence-corrected chi connectivity index (χ2v) is 7.38. The van der Waals surface area contributed by atoms with E-state index < -0.39 is 7.60 Å². The minimum atomic E-state index is -3.05. The zero-order valence-corrected chi connectivity index (χ0v) is 12.2. The van der Waals surface area contributed by atoms with Crippen molar-refractivity contribution in [3.63, 3.8) is 0 Å². The van der Waals surface area contributed by atoms with Crippen LogP contribution < -0.4 is 0 Å². The van der Waals surface area contributed by atoms with Gasteiger partial charge in [-0.25, -0.2) is 0 Å². The average molecular weight is 274 g/mol. The third-order valence-electron chi connectivity index (χ3n) is 2.02. The summed E-state index contributed by atoms with van der Waals surface area (Å²) in [6.45, 7) is 4.41. The van der Waals surface area contributed by atoms with Gasteiger partial charge in [0.2, 0.25) is 7.60 Å². The molecule has 0 aliphatic rings. The second kappa shape index (κ2) is 7.22. The van der Waals surface area contributed by atoms with Crippen molar-refractivity contribution in [2.24, 2.45) is 0 Å². The molecule has 0 aromatic heterocycles. The standard InChI is InChI=1S/C12H19O3PS/c1-4-14-16(13,15-5-2)11-17(3)12-9-7-6-8-10-12/h6-11H,4-5H2,1-3H3. The molecule has 5 heteroatoms. The van der Waals surface area contributed by atoms with E-state index in [9.17, 15) is 4.57 Å². The molecule has 0 saturated heterocycles. The maximum Gasteiger partial charge on any atom is 0.236 e. The molecule has 1 aromatic carbocycles. The van der Waals surface area contributed by atoms with Crippen molar-refractivity contribution in [1.82, 2.24) is 0 Å². The van der Waals surface area contributed by atoms with Gasteiger partial charge < -0.3 is 9.05 Å². The largest absolute Gasteiger partial charge is 0.328 e. The zero-order chi connectivity index (χ0) is 12.7. The molecule has 0 heterocycles. The quantitative estimate of drug-likeness (QED) is 0.432. The first-order valence-corrected chi connectivity index (χ1v) is 8.86. The molecular weight excluding hydrogens is 255 g/mol. The van der Waals surface area contributed by atoms with Gasteiger partial charge in [-0.3, -0.25) is 4.57 Å². The predicted octanol–water partition coefficient (Wildman–Crippen LogP) is 3.68. The Morgan fingerprint density at radius 3 is 2.18 bits per heavy atom. The topological polar surface area (TPSA) is 35.5 Å². The summed E-state index contributed by atoms with van der Waals surface area (Å²) in [5, 5.41) is 0. The Morgan fingerprint density at radius 2 is 1.71 bits per heavy atom. The van der Waals surface area contributed by atoms with Gasteiger partial charge in [0.15, 0.2) is 0 Å². The molecule has 0 N–H and O–H groups in total. The third-order valence-corrected chi connectivity index (χ3v) is 6.57. The van der Waals surface area contributed by atoms with Crippen molar-refractivity contribution >= 4 is 18.5 Å². The Hall–Kier alpha value is -0.280. The maximum atomic E-state index is 12.3. The van der Waals surface area contributed by atoms with E-state index in [0.29, 0.717) is 13.2 Å². The monoisotopic (exact) mass is 274 g/mol. The van der Waals surface area contributed by atoms with E-state index in [2.05, 4.69) is 0 Å². The van der Waals surface area contributed by atoms with Crippen LogP contribution in [0.1, 0.15) is 13.8 Å². The number of hydrogen-bond donors (Lipinski definition) is 0. The van der Waals surface area contributed by atoms with Crippen LogP contribution in [0.25, 0.3) is 0 Å². The highest BCUT2D eigenvalue weighted by Gasteiger charge is 2.22. The van der Waals surface area contributed by atoms with Gasteiger partial charge in [0.1, 0.15) is 4.90 Å². The molecule has 0 bridgehead atoms. The lowest BCUT2D eigenvalue weighted by molar-refractivity contribution is 0.227. The zero-order valence-electron chi connectivity index (χ0n) is 10.5. The Labute approximate surface area is 106 Å². The number of rotatable bonds is 7. The van der Waals surface area contributed by atoms with E-state index in [-0.39, 0.29) is 10.9 Å². The van der Waals surface area contributed by atoms with E-state index in [1.165, 1.54) is 0 Å². The highest BCUT2D eigenvalue weighted by molar-refractivity contribution is 8.04. The van der Waals surface area contributed by atoms with Crippen LogP contribution in [0.15, 0.2) is 35.2 Å². The van der Waals surface area contributed by atoms with Crippen LogP contribution in [0.2, 0.25) is 0 Å². The van der Waals surface area contributed by atoms with Gasteiger partial charge >= 0.3 is 0 Å². The molecule has 0 aliphatic carbocycles. The minimum absolute atomic E-state index is 0.244. The van der Waals surface area contributed by atoms with Crippen LogP contribution in [-0.2, 0) is 24.5 Å². The van der Waals surface area contributed by atoms with E-state index in [0.717, 1.165) is 4.90 Å². The lowest BCUT2D eigenvalue weighted by atomic mass is 10.4. The predicted molar refractivity (Wildman–Crippen MR) is 73.2 cm³/mol. The molecule has 1 aromatic rings. The average Bonchev–Trinajstić information content (AvgIpc) is 2.30. The fourth-order valence-corrected chi connectivity index (χ4v) is 5.25. The normalized spacial score (nSPS) is 13.6. The van der Waals surface area contributed by atoms with Gasteiger partial charge in [-0.1, -0.05) is 18.2 Å². The van der Waals surface area contributed by atoms with Crippen molar-refractivity contribution in [3.8, 4) is 0 Å². The summed E-state index contributed by atoms with van der Waals surface area (Å²) in [6.07, 6.45) is 2.01. The van der Waals surface area contributed by atoms with Crippen LogP contribution in [-0.4, -0.2) is 19.5 Å². The molecule has 1 atom stereocenters. The summed E-state index contributed by atoms with van der Waals surface area (Å²) in [7, 11) is -3.30. The van der Waals surface area contributed by atoms with Crippen molar-refractivity contribution < 1.29 is 13.6 Å². The molecule has 0 amide bonds. The van der Waals surface area contributed by atoms with E-state index in [1.807, 2.05) is 50.4 Å². The molecule has 0 spiro atoms. The Balaban J connectivity index is 2.71. The van der Waals surface area contributed by atoms with Crippen molar-refractivity contribution in [3.05, 3.63) is 35.8 Å². The molecule has 1 rings (SSSR count). The third kappa shape index (κ3) is 4.84. The fourth-order valence-electron chi connectivity index (χ4n) is 1.35. The number of benzene rings is 1. The highest BCUT2D eigenvalue weighted by atomic mass is 32.2. The van der Waals surface area contributed by atoms with Crippen LogP contribution in [0.5, 0.6) is 0 Å². The van der Waals surface area contributed by atoms with Gasteiger partial charge in [-0.15, -0.1) is 10.9 Å². The van der Waals surface area contributed by atoms with Crippen molar-refractivity contribution in [1.29, 1.82) is 0 Å². The van der Waals surface area contributed by atoms with Gasteiger partial charge in [0.05, 0.1) is 19.5 Å². The van der Waals surface area contributed by atoms with Gasteiger partial charge in [0, 0.05) is 5.49 Å². The first-order chi connectivity index (χ1) is 8.11. The lowest BCUT2D eigenvalue weighted by Gasteiger charge is -2.24. The molecule has 0 fully saturated rings. The number of hydrogen-bond acceptors (Lipinski definition) is 3. The van der Waals surface area contributed by atoms with Crippen molar-refractivity contribution in [2.75, 3.05) is 19.5 Å². The van der Waals surface area contributed by atoms with Crippen LogP contribution in [0.3, 0.4) is 0 Å². The van der Waals surface area contributed by atoms with Gasteiger partial charge in [0.25, 0.3) is 0 Å². The Kier molecular flexibility index (Phi) is 6.28. The van der Waals surface area contributed by atoms with Crippen molar-refractivity contribution in [2.45, 2.75) is 18.7 Å². The molecule has 1 unspecified atom stereocenters. The molecule has 0 aliphatic heterocycles. The highest BCUT2D eigenvalue weighted by Crippen LogP contribution is 2.53. The molecule has 96 valence electrons. The lowest BCUT2D eigenvalue weighted by Crippen LogP contribution is -2.05. The summed E-state index contributed by atoms with van der Waals surface area (Å²) in [6, 6.07) is 9.94. The van der Waals surface area contributed by atoms with Crippen LogP contribution in [0, 0.1) is 5.49 Å². The van der Waals surface area contributed by atoms with Gasteiger partial charge in [-0.05, 0) is 26.0 Å². The van der Waals surface area contributed by atoms with Gasteiger partial charge in [-0.2, -0.15) is 0 Å². The SMILES string of the molecule is CCOP(=O)([CH-][S+](C)c1ccccc1)OCC. The second-order valence-electron chi connectivity index (χ2n) is 3.35. The Morgan fingerprint density at radius 1 is 1.18 bits per heavy atom. The summed E-state index contributed by atoms with van der Waals surface area (Å²) in [5.74, 6) is 0. The van der Waals surface area contributed by atoms with Crippen LogP contribution >= 0.6 is 7.60 Å².